The van der Waals surface area contributed by atoms with Crippen molar-refractivity contribution in [3.63, 3.8) is 0 Å². The van der Waals surface area contributed by atoms with Crippen LogP contribution in [0.4, 0.5) is 0 Å². The van der Waals surface area contributed by atoms with Crippen molar-refractivity contribution >= 4 is 22.0 Å². The molecule has 96 valence electrons. The smallest absolute Gasteiger partial charge is 0.235 e. The Kier molecular flexibility index (Phi) is 3.46. The van der Waals surface area contributed by atoms with Crippen molar-refractivity contribution in [2.24, 2.45) is 4.99 Å². The summed E-state index contributed by atoms with van der Waals surface area (Å²) >= 11 is 3.46. The molecule has 0 unspecified atom stereocenters. The SMILES string of the molecule is COc1c(Br)cc(C2(N=C=O)CC2)c(C)c1OC. The number of halogens is 1. The van der Waals surface area contributed by atoms with Crippen molar-refractivity contribution in [2.75, 3.05) is 14.2 Å². The van der Waals surface area contributed by atoms with Crippen molar-refractivity contribution < 1.29 is 14.3 Å². The Labute approximate surface area is 114 Å². The average molecular weight is 312 g/mol. The maximum Gasteiger partial charge on any atom is 0.235 e. The van der Waals surface area contributed by atoms with Gasteiger partial charge in [0.15, 0.2) is 11.5 Å². The van der Waals surface area contributed by atoms with E-state index in [1.54, 1.807) is 20.3 Å². The maximum atomic E-state index is 10.5. The lowest BCUT2D eigenvalue weighted by atomic mass is 9.98. The van der Waals surface area contributed by atoms with Crippen LogP contribution in [-0.2, 0) is 10.3 Å². The molecule has 1 aliphatic carbocycles. The number of ether oxygens (including phenoxy) is 2. The zero-order valence-corrected chi connectivity index (χ0v) is 12.1. The van der Waals surface area contributed by atoms with E-state index in [2.05, 4.69) is 20.9 Å². The zero-order chi connectivity index (χ0) is 13.3. The van der Waals surface area contributed by atoms with Crippen LogP contribution in [0.1, 0.15) is 24.0 Å². The van der Waals surface area contributed by atoms with E-state index in [1.807, 2.05) is 13.0 Å². The van der Waals surface area contributed by atoms with Crippen LogP contribution in [0.25, 0.3) is 0 Å². The van der Waals surface area contributed by atoms with E-state index in [1.165, 1.54) is 0 Å². The van der Waals surface area contributed by atoms with Gasteiger partial charge >= 0.3 is 0 Å². The molecule has 0 spiro atoms. The minimum atomic E-state index is -0.409. The molecule has 0 radical (unpaired) electrons. The van der Waals surface area contributed by atoms with Crippen LogP contribution in [0.3, 0.4) is 0 Å². The first-order valence-corrected chi connectivity index (χ1v) is 6.39. The normalized spacial score (nSPS) is 15.8. The lowest BCUT2D eigenvalue weighted by Gasteiger charge is -2.19. The number of rotatable bonds is 4. The zero-order valence-electron chi connectivity index (χ0n) is 10.5. The summed E-state index contributed by atoms with van der Waals surface area (Å²) in [6, 6.07) is 1.95. The van der Waals surface area contributed by atoms with E-state index in [4.69, 9.17) is 9.47 Å². The third kappa shape index (κ3) is 1.93. The highest BCUT2D eigenvalue weighted by atomic mass is 79.9. The van der Waals surface area contributed by atoms with E-state index in [-0.39, 0.29) is 0 Å². The molecule has 0 atom stereocenters. The summed E-state index contributed by atoms with van der Waals surface area (Å²) in [4.78, 5) is 14.5. The third-order valence-corrected chi connectivity index (χ3v) is 3.92. The number of aliphatic imine (C=N–C) groups is 1. The van der Waals surface area contributed by atoms with Gasteiger partial charge < -0.3 is 9.47 Å². The number of hydrogen-bond donors (Lipinski definition) is 0. The van der Waals surface area contributed by atoms with Gasteiger partial charge in [0.25, 0.3) is 0 Å². The summed E-state index contributed by atoms with van der Waals surface area (Å²) in [5.41, 5.74) is 1.54. The summed E-state index contributed by atoms with van der Waals surface area (Å²) < 4.78 is 11.5. The molecule has 0 bridgehead atoms. The first-order chi connectivity index (χ1) is 8.59. The van der Waals surface area contributed by atoms with Crippen LogP contribution in [0, 0.1) is 6.92 Å². The second-order valence-electron chi connectivity index (χ2n) is 4.33. The second-order valence-corrected chi connectivity index (χ2v) is 5.19. The number of nitrogens with zero attached hydrogens (tertiary/aromatic N) is 1. The van der Waals surface area contributed by atoms with Crippen molar-refractivity contribution in [2.45, 2.75) is 25.3 Å². The fourth-order valence-corrected chi connectivity index (χ4v) is 2.84. The van der Waals surface area contributed by atoms with Gasteiger partial charge in [-0.05, 0) is 47.3 Å². The fraction of sp³-hybridized carbons (Fsp3) is 0.462. The standard InChI is InChI=1S/C13H14BrNO3/c1-8-9(13(4-5-13)15-7-16)6-10(14)12(18-3)11(8)17-2/h6H,4-5H2,1-3H3. The molecule has 2 rings (SSSR count). The highest BCUT2D eigenvalue weighted by molar-refractivity contribution is 9.10. The molecule has 0 N–H and O–H groups in total. The molecule has 18 heavy (non-hydrogen) atoms. The molecule has 0 heterocycles. The molecule has 1 aromatic carbocycles. The van der Waals surface area contributed by atoms with Gasteiger partial charge in [-0.2, -0.15) is 4.99 Å². The molecule has 1 saturated carbocycles. The molecule has 0 aromatic heterocycles. The molecular formula is C13H14BrNO3. The average Bonchev–Trinajstić information content (AvgIpc) is 3.12. The van der Waals surface area contributed by atoms with Gasteiger partial charge in [-0.1, -0.05) is 0 Å². The largest absolute Gasteiger partial charge is 0.493 e. The van der Waals surface area contributed by atoms with Gasteiger partial charge in [-0.25, -0.2) is 4.79 Å². The third-order valence-electron chi connectivity index (χ3n) is 3.33. The summed E-state index contributed by atoms with van der Waals surface area (Å²) in [6.45, 7) is 1.95. The Bertz CT molecular complexity index is 532. The summed E-state index contributed by atoms with van der Waals surface area (Å²) in [6.07, 6.45) is 3.40. The van der Waals surface area contributed by atoms with Crippen molar-refractivity contribution in [1.82, 2.24) is 0 Å². The predicted octanol–water partition coefficient (Wildman–Crippen LogP) is 3.10. The van der Waals surface area contributed by atoms with Crippen molar-refractivity contribution in [3.8, 4) is 11.5 Å². The quantitative estimate of drug-likeness (QED) is 0.634. The summed E-state index contributed by atoms with van der Waals surface area (Å²) in [5, 5.41) is 0. The van der Waals surface area contributed by atoms with E-state index in [0.717, 1.165) is 28.4 Å². The van der Waals surface area contributed by atoms with E-state index < -0.39 is 5.54 Å². The van der Waals surface area contributed by atoms with Crippen LogP contribution >= 0.6 is 15.9 Å². The molecular weight excluding hydrogens is 298 g/mol. The van der Waals surface area contributed by atoms with Crippen LogP contribution in [0.15, 0.2) is 15.5 Å². The van der Waals surface area contributed by atoms with Crippen LogP contribution in [0.2, 0.25) is 0 Å². The van der Waals surface area contributed by atoms with E-state index in [9.17, 15) is 4.79 Å². The molecule has 0 amide bonds. The molecule has 1 aromatic rings. The minimum absolute atomic E-state index is 0.409. The predicted molar refractivity (Wildman–Crippen MR) is 71.0 cm³/mol. The lowest BCUT2D eigenvalue weighted by Crippen LogP contribution is -2.07. The van der Waals surface area contributed by atoms with Crippen LogP contribution < -0.4 is 9.47 Å². The molecule has 5 heteroatoms. The van der Waals surface area contributed by atoms with Gasteiger partial charge in [-0.15, -0.1) is 0 Å². The van der Waals surface area contributed by atoms with Crippen LogP contribution in [0.5, 0.6) is 11.5 Å². The molecule has 0 saturated heterocycles. The number of isocyanates is 1. The van der Waals surface area contributed by atoms with Gasteiger partial charge in [0.2, 0.25) is 6.08 Å². The number of carbonyl (C=O) groups excluding carboxylic acids is 1. The first-order valence-electron chi connectivity index (χ1n) is 5.60. The minimum Gasteiger partial charge on any atom is -0.493 e. The highest BCUT2D eigenvalue weighted by Gasteiger charge is 2.46. The molecule has 1 fully saturated rings. The van der Waals surface area contributed by atoms with Gasteiger partial charge in [0.05, 0.1) is 24.2 Å². The highest BCUT2D eigenvalue weighted by Crippen LogP contribution is 2.54. The second kappa shape index (κ2) is 4.75. The topological polar surface area (TPSA) is 47.9 Å². The molecule has 1 aliphatic rings. The fourth-order valence-electron chi connectivity index (χ4n) is 2.27. The maximum absolute atomic E-state index is 10.5. The first kappa shape index (κ1) is 13.1. The Balaban J connectivity index is 2.64. The number of hydrogen-bond acceptors (Lipinski definition) is 4. The van der Waals surface area contributed by atoms with Gasteiger partial charge in [0.1, 0.15) is 0 Å². The number of methoxy groups -OCH3 is 2. The van der Waals surface area contributed by atoms with Crippen LogP contribution in [-0.4, -0.2) is 20.3 Å². The van der Waals surface area contributed by atoms with Crippen molar-refractivity contribution in [1.29, 1.82) is 0 Å². The van der Waals surface area contributed by atoms with Gasteiger partial charge in [0, 0.05) is 5.56 Å². The Morgan fingerprint density at radius 3 is 2.39 bits per heavy atom. The number of benzene rings is 1. The summed E-state index contributed by atoms with van der Waals surface area (Å²) in [7, 11) is 3.20. The van der Waals surface area contributed by atoms with E-state index >= 15 is 0 Å². The summed E-state index contributed by atoms with van der Waals surface area (Å²) in [5.74, 6) is 1.33. The lowest BCUT2D eigenvalue weighted by molar-refractivity contribution is 0.350. The Morgan fingerprint density at radius 2 is 1.94 bits per heavy atom. The van der Waals surface area contributed by atoms with E-state index in [0.29, 0.717) is 11.5 Å². The van der Waals surface area contributed by atoms with Crippen molar-refractivity contribution in [3.05, 3.63) is 21.7 Å². The Hall–Kier alpha value is -1.32. The Morgan fingerprint density at radius 1 is 1.33 bits per heavy atom. The molecule has 4 nitrogen and oxygen atoms in total. The monoisotopic (exact) mass is 311 g/mol. The molecule has 0 aliphatic heterocycles. The van der Waals surface area contributed by atoms with Gasteiger partial charge in [-0.3, -0.25) is 0 Å².